The lowest BCUT2D eigenvalue weighted by molar-refractivity contribution is 0.551. The first-order valence-electron chi connectivity index (χ1n) is 5.00. The summed E-state index contributed by atoms with van der Waals surface area (Å²) in [5.74, 6) is 5.57. The number of halogens is 2. The molecule has 2 rings (SSSR count). The molecule has 0 aliphatic rings. The third kappa shape index (κ3) is 3.18. The van der Waals surface area contributed by atoms with Crippen molar-refractivity contribution in [2.75, 3.05) is 0 Å². The summed E-state index contributed by atoms with van der Waals surface area (Å²) in [5, 5.41) is 4.23. The Kier molecular flexibility index (Phi) is 4.36. The molecule has 6 heteroatoms. The van der Waals surface area contributed by atoms with Gasteiger partial charge in [0.05, 0.1) is 11.0 Å². The van der Waals surface area contributed by atoms with Crippen LogP contribution in [-0.2, 0) is 6.42 Å². The van der Waals surface area contributed by atoms with E-state index in [4.69, 9.17) is 29.0 Å². The molecular formula is C11H11Cl2N3S. The fourth-order valence-corrected chi connectivity index (χ4v) is 2.66. The maximum atomic E-state index is 6.14. The van der Waals surface area contributed by atoms with Gasteiger partial charge in [0.2, 0.25) is 0 Å². The van der Waals surface area contributed by atoms with E-state index in [0.717, 1.165) is 10.6 Å². The zero-order chi connectivity index (χ0) is 12.3. The molecule has 1 heterocycles. The van der Waals surface area contributed by atoms with Crippen molar-refractivity contribution in [2.45, 2.75) is 12.5 Å². The first-order chi connectivity index (χ1) is 8.20. The fourth-order valence-electron chi connectivity index (χ4n) is 1.57. The molecule has 0 saturated carbocycles. The van der Waals surface area contributed by atoms with Crippen molar-refractivity contribution in [1.29, 1.82) is 0 Å². The lowest BCUT2D eigenvalue weighted by Crippen LogP contribution is -2.29. The third-order valence-corrected chi connectivity index (χ3v) is 3.78. The standard InChI is InChI=1S/C11H11Cl2N3S/c12-7-1-2-9(13)8(5-7)10(16-14)6-11-15-3-4-17-11/h1-5,10,16H,6,14H2. The van der Waals surface area contributed by atoms with Crippen LogP contribution in [0.15, 0.2) is 29.8 Å². The minimum atomic E-state index is -0.0904. The van der Waals surface area contributed by atoms with Crippen molar-refractivity contribution in [2.24, 2.45) is 5.84 Å². The summed E-state index contributed by atoms with van der Waals surface area (Å²) in [6, 6.07) is 5.25. The second-order valence-electron chi connectivity index (χ2n) is 3.52. The Balaban J connectivity index is 2.25. The van der Waals surface area contributed by atoms with Crippen LogP contribution in [-0.4, -0.2) is 4.98 Å². The summed E-state index contributed by atoms with van der Waals surface area (Å²) in [7, 11) is 0. The summed E-state index contributed by atoms with van der Waals surface area (Å²) in [4.78, 5) is 4.23. The number of thiazole rings is 1. The van der Waals surface area contributed by atoms with E-state index in [2.05, 4.69) is 10.4 Å². The zero-order valence-electron chi connectivity index (χ0n) is 8.86. The van der Waals surface area contributed by atoms with E-state index in [0.29, 0.717) is 16.5 Å². The predicted molar refractivity (Wildman–Crippen MR) is 72.3 cm³/mol. The highest BCUT2D eigenvalue weighted by atomic mass is 35.5. The number of aromatic nitrogens is 1. The quantitative estimate of drug-likeness (QED) is 0.671. The number of nitrogens with zero attached hydrogens (tertiary/aromatic N) is 1. The Labute approximate surface area is 114 Å². The lowest BCUT2D eigenvalue weighted by atomic mass is 10.0. The van der Waals surface area contributed by atoms with E-state index in [-0.39, 0.29) is 6.04 Å². The van der Waals surface area contributed by atoms with Gasteiger partial charge in [0.25, 0.3) is 0 Å². The number of hydrogen-bond acceptors (Lipinski definition) is 4. The van der Waals surface area contributed by atoms with Crippen LogP contribution >= 0.6 is 34.5 Å². The van der Waals surface area contributed by atoms with Gasteiger partial charge in [-0.25, -0.2) is 4.98 Å². The minimum absolute atomic E-state index is 0.0904. The van der Waals surface area contributed by atoms with Crippen LogP contribution in [0.5, 0.6) is 0 Å². The molecule has 0 radical (unpaired) electrons. The van der Waals surface area contributed by atoms with Crippen molar-refractivity contribution in [3.05, 3.63) is 50.4 Å². The van der Waals surface area contributed by atoms with Gasteiger partial charge in [-0.15, -0.1) is 11.3 Å². The molecule has 1 atom stereocenters. The molecule has 2 aromatic rings. The van der Waals surface area contributed by atoms with Gasteiger partial charge in [0.15, 0.2) is 0 Å². The van der Waals surface area contributed by atoms with Crippen LogP contribution in [0, 0.1) is 0 Å². The molecule has 3 N–H and O–H groups in total. The number of hydrogen-bond donors (Lipinski definition) is 2. The van der Waals surface area contributed by atoms with Crippen molar-refractivity contribution < 1.29 is 0 Å². The normalized spacial score (nSPS) is 12.6. The largest absolute Gasteiger partial charge is 0.271 e. The van der Waals surface area contributed by atoms with E-state index < -0.39 is 0 Å². The van der Waals surface area contributed by atoms with Gasteiger partial charge >= 0.3 is 0 Å². The number of nitrogens with one attached hydrogen (secondary N) is 1. The van der Waals surface area contributed by atoms with Gasteiger partial charge in [0.1, 0.15) is 0 Å². The number of nitrogens with two attached hydrogens (primary N) is 1. The average molecular weight is 288 g/mol. The van der Waals surface area contributed by atoms with Gasteiger partial charge in [-0.1, -0.05) is 23.2 Å². The Morgan fingerprint density at radius 2 is 2.24 bits per heavy atom. The van der Waals surface area contributed by atoms with Crippen LogP contribution in [0.3, 0.4) is 0 Å². The van der Waals surface area contributed by atoms with Crippen LogP contribution in [0.4, 0.5) is 0 Å². The highest BCUT2D eigenvalue weighted by Crippen LogP contribution is 2.28. The number of hydrazine groups is 1. The van der Waals surface area contributed by atoms with Crippen molar-refractivity contribution in [1.82, 2.24) is 10.4 Å². The summed E-state index contributed by atoms with van der Waals surface area (Å²) in [6.45, 7) is 0. The third-order valence-electron chi connectivity index (χ3n) is 2.40. The minimum Gasteiger partial charge on any atom is -0.271 e. The van der Waals surface area contributed by atoms with Crippen molar-refractivity contribution in [3.63, 3.8) is 0 Å². The molecule has 1 aromatic heterocycles. The average Bonchev–Trinajstić information content (AvgIpc) is 2.82. The van der Waals surface area contributed by atoms with Crippen molar-refractivity contribution in [3.8, 4) is 0 Å². The summed E-state index contributed by atoms with van der Waals surface area (Å²) < 4.78 is 0. The number of benzene rings is 1. The molecule has 0 saturated heterocycles. The molecule has 90 valence electrons. The van der Waals surface area contributed by atoms with Gasteiger partial charge in [-0.3, -0.25) is 11.3 Å². The van der Waals surface area contributed by atoms with Crippen LogP contribution in [0.25, 0.3) is 0 Å². The maximum Gasteiger partial charge on any atom is 0.0944 e. The van der Waals surface area contributed by atoms with E-state index in [9.17, 15) is 0 Å². The highest BCUT2D eigenvalue weighted by Gasteiger charge is 2.15. The predicted octanol–water partition coefficient (Wildman–Crippen LogP) is 3.20. The molecular weight excluding hydrogens is 277 g/mol. The smallest absolute Gasteiger partial charge is 0.0944 e. The van der Waals surface area contributed by atoms with E-state index in [1.54, 1.807) is 29.7 Å². The monoisotopic (exact) mass is 287 g/mol. The van der Waals surface area contributed by atoms with Crippen molar-refractivity contribution >= 4 is 34.5 Å². The molecule has 17 heavy (non-hydrogen) atoms. The lowest BCUT2D eigenvalue weighted by Gasteiger charge is -2.16. The summed E-state index contributed by atoms with van der Waals surface area (Å²) in [5.41, 5.74) is 3.63. The molecule has 0 spiro atoms. The number of rotatable bonds is 4. The Hall–Kier alpha value is -0.650. The SMILES string of the molecule is NNC(Cc1nccs1)c1cc(Cl)ccc1Cl. The van der Waals surface area contributed by atoms with Gasteiger partial charge < -0.3 is 0 Å². The topological polar surface area (TPSA) is 50.9 Å². The molecule has 1 aromatic carbocycles. The Morgan fingerprint density at radius 3 is 2.88 bits per heavy atom. The molecule has 0 aliphatic carbocycles. The Bertz CT molecular complexity index is 487. The molecule has 0 aliphatic heterocycles. The molecule has 0 amide bonds. The fraction of sp³-hybridized carbons (Fsp3) is 0.182. The first-order valence-corrected chi connectivity index (χ1v) is 6.63. The first kappa shape index (κ1) is 12.8. The summed E-state index contributed by atoms with van der Waals surface area (Å²) >= 11 is 13.7. The Morgan fingerprint density at radius 1 is 1.41 bits per heavy atom. The second kappa shape index (κ2) is 5.80. The van der Waals surface area contributed by atoms with Gasteiger partial charge in [0, 0.05) is 28.0 Å². The zero-order valence-corrected chi connectivity index (χ0v) is 11.2. The van der Waals surface area contributed by atoms with Gasteiger partial charge in [-0.05, 0) is 23.8 Å². The van der Waals surface area contributed by atoms with E-state index in [1.807, 2.05) is 11.4 Å². The van der Waals surface area contributed by atoms with Gasteiger partial charge in [-0.2, -0.15) is 0 Å². The van der Waals surface area contributed by atoms with E-state index in [1.165, 1.54) is 0 Å². The maximum absolute atomic E-state index is 6.14. The molecule has 3 nitrogen and oxygen atoms in total. The van der Waals surface area contributed by atoms with Crippen LogP contribution in [0.2, 0.25) is 10.0 Å². The molecule has 0 fully saturated rings. The van der Waals surface area contributed by atoms with E-state index >= 15 is 0 Å². The van der Waals surface area contributed by atoms with Crippen LogP contribution in [0.1, 0.15) is 16.6 Å². The summed E-state index contributed by atoms with van der Waals surface area (Å²) in [6.07, 6.45) is 2.46. The van der Waals surface area contributed by atoms with Crippen LogP contribution < -0.4 is 11.3 Å². The molecule has 0 bridgehead atoms. The highest BCUT2D eigenvalue weighted by molar-refractivity contribution is 7.09. The second-order valence-corrected chi connectivity index (χ2v) is 5.34. The molecule has 1 unspecified atom stereocenters.